The van der Waals surface area contributed by atoms with E-state index in [-0.39, 0.29) is 5.91 Å². The Bertz CT molecular complexity index is 951. The number of hydrogen-bond donors (Lipinski definition) is 0. The first-order chi connectivity index (χ1) is 13.5. The molecule has 1 amide bonds. The van der Waals surface area contributed by atoms with Crippen LogP contribution in [-0.4, -0.2) is 43.2 Å². The summed E-state index contributed by atoms with van der Waals surface area (Å²) >= 11 is 0. The van der Waals surface area contributed by atoms with Crippen LogP contribution in [0.25, 0.3) is 0 Å². The molecular weight excluding hydrogens is 372 g/mol. The van der Waals surface area contributed by atoms with Crippen LogP contribution >= 0.6 is 0 Å². The van der Waals surface area contributed by atoms with Gasteiger partial charge in [-0.3, -0.25) is 4.79 Å². The van der Waals surface area contributed by atoms with Crippen molar-refractivity contribution < 1.29 is 13.2 Å². The summed E-state index contributed by atoms with van der Waals surface area (Å²) in [5.41, 5.74) is 3.09. The highest BCUT2D eigenvalue weighted by molar-refractivity contribution is 7.89. The summed E-state index contributed by atoms with van der Waals surface area (Å²) in [5.74, 6) is 0.0844. The van der Waals surface area contributed by atoms with Crippen LogP contribution in [0.1, 0.15) is 36.0 Å². The number of benzene rings is 2. The number of nitrogens with zero attached hydrogens (tertiary/aromatic N) is 2. The molecule has 0 spiro atoms. The van der Waals surface area contributed by atoms with Gasteiger partial charge in [0.05, 0.1) is 11.3 Å². The van der Waals surface area contributed by atoms with Gasteiger partial charge in [-0.25, -0.2) is 8.42 Å². The fourth-order valence-electron chi connectivity index (χ4n) is 4.04. The van der Waals surface area contributed by atoms with Gasteiger partial charge >= 0.3 is 0 Å². The van der Waals surface area contributed by atoms with Crippen LogP contribution in [0.2, 0.25) is 0 Å². The third-order valence-electron chi connectivity index (χ3n) is 5.69. The SMILES string of the molecule is O=C(Cc1ccccc1)N1CCc2ccc(S(=O)(=O)N3CCCCC3)cc2C1. The molecule has 2 aliphatic rings. The maximum atomic E-state index is 13.0. The van der Waals surface area contributed by atoms with E-state index in [4.69, 9.17) is 0 Å². The Labute approximate surface area is 167 Å². The molecule has 0 aromatic heterocycles. The van der Waals surface area contributed by atoms with Crippen LogP contribution < -0.4 is 0 Å². The Balaban J connectivity index is 1.51. The summed E-state index contributed by atoms with van der Waals surface area (Å²) in [5, 5.41) is 0. The highest BCUT2D eigenvalue weighted by atomic mass is 32.2. The van der Waals surface area contributed by atoms with E-state index < -0.39 is 10.0 Å². The minimum Gasteiger partial charge on any atom is -0.338 e. The molecule has 2 aromatic rings. The second-order valence-corrected chi connectivity index (χ2v) is 9.56. The Morgan fingerprint density at radius 2 is 1.64 bits per heavy atom. The monoisotopic (exact) mass is 398 g/mol. The molecule has 148 valence electrons. The first-order valence-electron chi connectivity index (χ1n) is 9.98. The van der Waals surface area contributed by atoms with Crippen LogP contribution in [0, 0.1) is 0 Å². The lowest BCUT2D eigenvalue weighted by molar-refractivity contribution is -0.131. The molecule has 0 bridgehead atoms. The number of sulfonamides is 1. The van der Waals surface area contributed by atoms with Crippen molar-refractivity contribution in [3.8, 4) is 0 Å². The molecule has 2 heterocycles. The first-order valence-corrected chi connectivity index (χ1v) is 11.4. The van der Waals surface area contributed by atoms with Gasteiger partial charge in [0.25, 0.3) is 0 Å². The van der Waals surface area contributed by atoms with Crippen molar-refractivity contribution in [1.29, 1.82) is 0 Å². The fraction of sp³-hybridized carbons (Fsp3) is 0.409. The van der Waals surface area contributed by atoms with E-state index in [1.54, 1.807) is 16.4 Å². The third-order valence-corrected chi connectivity index (χ3v) is 7.59. The molecule has 0 atom stereocenters. The largest absolute Gasteiger partial charge is 0.338 e. The molecule has 28 heavy (non-hydrogen) atoms. The number of piperidine rings is 1. The van der Waals surface area contributed by atoms with Crippen molar-refractivity contribution in [2.45, 2.75) is 43.5 Å². The molecule has 5 nitrogen and oxygen atoms in total. The number of amides is 1. The lowest BCUT2D eigenvalue weighted by atomic mass is 9.99. The second-order valence-electron chi connectivity index (χ2n) is 7.62. The summed E-state index contributed by atoms with van der Waals surface area (Å²) in [4.78, 5) is 14.9. The molecular formula is C22H26N2O3S. The van der Waals surface area contributed by atoms with Gasteiger partial charge in [-0.15, -0.1) is 0 Å². The maximum Gasteiger partial charge on any atom is 0.243 e. The zero-order valence-corrected chi connectivity index (χ0v) is 16.8. The quantitative estimate of drug-likeness (QED) is 0.796. The molecule has 2 aromatic carbocycles. The maximum absolute atomic E-state index is 13.0. The highest BCUT2D eigenvalue weighted by Gasteiger charge is 2.28. The number of fused-ring (bicyclic) bond motifs is 1. The van der Waals surface area contributed by atoms with E-state index in [1.165, 1.54) is 0 Å². The summed E-state index contributed by atoms with van der Waals surface area (Å²) < 4.78 is 27.5. The Hall–Kier alpha value is -2.18. The third kappa shape index (κ3) is 3.98. The van der Waals surface area contributed by atoms with Crippen LogP contribution in [0.4, 0.5) is 0 Å². The standard InChI is InChI=1S/C22H26N2O3S/c25-22(15-18-7-3-1-4-8-18)23-14-11-19-9-10-21(16-20(19)17-23)28(26,27)24-12-5-2-6-13-24/h1,3-4,7-10,16H,2,5-6,11-15,17H2. The molecule has 4 rings (SSSR count). The number of carbonyl (C=O) groups is 1. The van der Waals surface area contributed by atoms with Crippen LogP contribution in [0.5, 0.6) is 0 Å². The summed E-state index contributed by atoms with van der Waals surface area (Å²) in [7, 11) is -3.45. The van der Waals surface area contributed by atoms with Crippen molar-refractivity contribution in [2.24, 2.45) is 0 Å². The Morgan fingerprint density at radius 1 is 0.893 bits per heavy atom. The molecule has 1 fully saturated rings. The van der Waals surface area contributed by atoms with Crippen LogP contribution in [0.3, 0.4) is 0 Å². The number of hydrogen-bond acceptors (Lipinski definition) is 3. The van der Waals surface area contributed by atoms with Gasteiger partial charge in [-0.2, -0.15) is 4.31 Å². The predicted octanol–water partition coefficient (Wildman–Crippen LogP) is 2.99. The second kappa shape index (κ2) is 8.05. The van der Waals surface area contributed by atoms with Gasteiger partial charge in [-0.05, 0) is 48.1 Å². The van der Waals surface area contributed by atoms with Crippen molar-refractivity contribution in [3.63, 3.8) is 0 Å². The van der Waals surface area contributed by atoms with E-state index in [1.807, 2.05) is 41.3 Å². The van der Waals surface area contributed by atoms with E-state index in [2.05, 4.69) is 0 Å². The van der Waals surface area contributed by atoms with Crippen LogP contribution in [0.15, 0.2) is 53.4 Å². The zero-order chi connectivity index (χ0) is 19.6. The normalized spacial score (nSPS) is 17.9. The minimum atomic E-state index is -3.45. The summed E-state index contributed by atoms with van der Waals surface area (Å²) in [6.45, 7) is 2.35. The first kappa shape index (κ1) is 19.2. The molecule has 0 unspecified atom stereocenters. The van der Waals surface area contributed by atoms with Gasteiger partial charge in [0.15, 0.2) is 0 Å². The van der Waals surface area contributed by atoms with Crippen molar-refractivity contribution >= 4 is 15.9 Å². The minimum absolute atomic E-state index is 0.0844. The molecule has 1 saturated heterocycles. The lowest BCUT2D eigenvalue weighted by Gasteiger charge is -2.30. The molecule has 0 saturated carbocycles. The van der Waals surface area contributed by atoms with Crippen LogP contribution in [-0.2, 0) is 34.2 Å². The highest BCUT2D eigenvalue weighted by Crippen LogP contribution is 2.26. The average molecular weight is 399 g/mol. The van der Waals surface area contributed by atoms with Gasteiger partial charge in [0, 0.05) is 26.2 Å². The number of rotatable bonds is 4. The Kier molecular flexibility index (Phi) is 5.51. The smallest absolute Gasteiger partial charge is 0.243 e. The van der Waals surface area contributed by atoms with Gasteiger partial charge in [-0.1, -0.05) is 42.8 Å². The Morgan fingerprint density at radius 3 is 2.39 bits per heavy atom. The molecule has 0 aliphatic carbocycles. The van der Waals surface area contributed by atoms with Crippen molar-refractivity contribution in [3.05, 3.63) is 65.2 Å². The van der Waals surface area contributed by atoms with Crippen molar-refractivity contribution in [1.82, 2.24) is 9.21 Å². The van der Waals surface area contributed by atoms with Gasteiger partial charge in [0.1, 0.15) is 0 Å². The van der Waals surface area contributed by atoms with E-state index in [0.29, 0.717) is 37.5 Å². The van der Waals surface area contributed by atoms with E-state index in [0.717, 1.165) is 42.4 Å². The average Bonchev–Trinajstić information content (AvgIpc) is 2.74. The summed E-state index contributed by atoms with van der Waals surface area (Å²) in [6.07, 6.45) is 4.08. The molecule has 6 heteroatoms. The van der Waals surface area contributed by atoms with Crippen molar-refractivity contribution in [2.75, 3.05) is 19.6 Å². The number of carbonyl (C=O) groups excluding carboxylic acids is 1. The summed E-state index contributed by atoms with van der Waals surface area (Å²) in [6, 6.07) is 15.2. The molecule has 2 aliphatic heterocycles. The molecule has 0 radical (unpaired) electrons. The predicted molar refractivity (Wildman–Crippen MR) is 108 cm³/mol. The topological polar surface area (TPSA) is 57.7 Å². The molecule has 0 N–H and O–H groups in total. The lowest BCUT2D eigenvalue weighted by Crippen LogP contribution is -2.38. The van der Waals surface area contributed by atoms with E-state index >= 15 is 0 Å². The van der Waals surface area contributed by atoms with E-state index in [9.17, 15) is 13.2 Å². The van der Waals surface area contributed by atoms with Gasteiger partial charge < -0.3 is 4.90 Å². The van der Waals surface area contributed by atoms with Gasteiger partial charge in [0.2, 0.25) is 15.9 Å². The zero-order valence-electron chi connectivity index (χ0n) is 16.0. The fourth-order valence-corrected chi connectivity index (χ4v) is 5.61.